The summed E-state index contributed by atoms with van der Waals surface area (Å²) in [5, 5.41) is 6.19. The summed E-state index contributed by atoms with van der Waals surface area (Å²) in [6.07, 6.45) is 3.14. The maximum Gasteiger partial charge on any atom is 0.253 e. The molecule has 1 aromatic carbocycles. The minimum atomic E-state index is -0.0675. The highest BCUT2D eigenvalue weighted by atomic mass is 32.2. The molecule has 0 bridgehead atoms. The molecule has 0 saturated heterocycles. The van der Waals surface area contributed by atoms with Crippen molar-refractivity contribution in [1.82, 2.24) is 5.32 Å². The van der Waals surface area contributed by atoms with Crippen LogP contribution in [0.2, 0.25) is 0 Å². The van der Waals surface area contributed by atoms with Gasteiger partial charge in [-0.3, -0.25) is 4.79 Å². The zero-order valence-corrected chi connectivity index (χ0v) is 12.6. The average Bonchev–Trinajstić information content (AvgIpc) is 2.36. The number of amides is 1. The third-order valence-corrected chi connectivity index (χ3v) is 3.43. The van der Waals surface area contributed by atoms with E-state index in [2.05, 4.69) is 23.8 Å². The molecule has 0 aliphatic heterocycles. The van der Waals surface area contributed by atoms with Crippen LogP contribution in [0.15, 0.2) is 18.2 Å². The predicted octanol–water partition coefficient (Wildman–Crippen LogP) is 2.57. The SMILES string of the molecule is CCNC(=O)c1ccc(N)cc1NC(C)CCSC. The van der Waals surface area contributed by atoms with Crippen LogP contribution in [0.5, 0.6) is 0 Å². The Labute approximate surface area is 119 Å². The lowest BCUT2D eigenvalue weighted by molar-refractivity contribution is 0.0956. The summed E-state index contributed by atoms with van der Waals surface area (Å²) in [5.74, 6) is 1.02. The number of anilines is 2. The molecule has 106 valence electrons. The van der Waals surface area contributed by atoms with Crippen LogP contribution in [-0.2, 0) is 0 Å². The van der Waals surface area contributed by atoms with Gasteiger partial charge in [-0.2, -0.15) is 11.8 Å². The van der Waals surface area contributed by atoms with E-state index in [1.807, 2.05) is 24.8 Å². The van der Waals surface area contributed by atoms with Gasteiger partial charge in [0.05, 0.1) is 5.56 Å². The van der Waals surface area contributed by atoms with Crippen molar-refractivity contribution in [2.24, 2.45) is 0 Å². The standard InChI is InChI=1S/C14H23N3OS/c1-4-16-14(18)12-6-5-11(15)9-13(12)17-10(2)7-8-19-3/h5-6,9-10,17H,4,7-8,15H2,1-3H3,(H,16,18). The second-order valence-electron chi connectivity index (χ2n) is 4.49. The van der Waals surface area contributed by atoms with Crippen LogP contribution in [-0.4, -0.2) is 30.5 Å². The van der Waals surface area contributed by atoms with E-state index >= 15 is 0 Å². The normalized spacial score (nSPS) is 11.9. The second kappa shape index (κ2) is 7.94. The molecule has 0 aliphatic rings. The fraction of sp³-hybridized carbons (Fsp3) is 0.500. The Balaban J connectivity index is 2.84. The van der Waals surface area contributed by atoms with Gasteiger partial charge in [-0.25, -0.2) is 0 Å². The van der Waals surface area contributed by atoms with E-state index in [-0.39, 0.29) is 5.91 Å². The van der Waals surface area contributed by atoms with E-state index in [0.29, 0.717) is 23.8 Å². The van der Waals surface area contributed by atoms with Gasteiger partial charge in [0, 0.05) is 24.0 Å². The number of nitrogen functional groups attached to an aromatic ring is 1. The summed E-state index contributed by atoms with van der Waals surface area (Å²) < 4.78 is 0. The lowest BCUT2D eigenvalue weighted by Crippen LogP contribution is -2.25. The van der Waals surface area contributed by atoms with Crippen molar-refractivity contribution < 1.29 is 4.79 Å². The molecule has 4 N–H and O–H groups in total. The van der Waals surface area contributed by atoms with Crippen molar-refractivity contribution in [2.75, 3.05) is 29.6 Å². The Morgan fingerprint density at radius 2 is 2.21 bits per heavy atom. The molecule has 5 heteroatoms. The molecule has 1 aromatic rings. The maximum absolute atomic E-state index is 12.0. The molecule has 0 spiro atoms. The third kappa shape index (κ3) is 5.03. The summed E-state index contributed by atoms with van der Waals surface area (Å²) in [5.41, 5.74) is 7.91. The van der Waals surface area contributed by atoms with Crippen LogP contribution >= 0.6 is 11.8 Å². The minimum Gasteiger partial charge on any atom is -0.399 e. The van der Waals surface area contributed by atoms with Gasteiger partial charge in [0.2, 0.25) is 0 Å². The molecule has 0 aromatic heterocycles. The zero-order valence-electron chi connectivity index (χ0n) is 11.8. The summed E-state index contributed by atoms with van der Waals surface area (Å²) >= 11 is 1.82. The minimum absolute atomic E-state index is 0.0675. The summed E-state index contributed by atoms with van der Waals surface area (Å²) in [4.78, 5) is 12.0. The average molecular weight is 281 g/mol. The van der Waals surface area contributed by atoms with Crippen molar-refractivity contribution >= 4 is 29.0 Å². The van der Waals surface area contributed by atoms with Crippen LogP contribution in [0, 0.1) is 0 Å². The van der Waals surface area contributed by atoms with E-state index in [4.69, 9.17) is 5.73 Å². The smallest absolute Gasteiger partial charge is 0.253 e. The highest BCUT2D eigenvalue weighted by Crippen LogP contribution is 2.21. The first kappa shape index (κ1) is 15.7. The number of nitrogens with two attached hydrogens (primary N) is 1. The predicted molar refractivity (Wildman–Crippen MR) is 84.9 cm³/mol. The number of rotatable bonds is 7. The molecule has 1 unspecified atom stereocenters. The summed E-state index contributed by atoms with van der Waals surface area (Å²) in [6, 6.07) is 5.65. The monoisotopic (exact) mass is 281 g/mol. The van der Waals surface area contributed by atoms with Crippen molar-refractivity contribution in [3.05, 3.63) is 23.8 Å². The van der Waals surface area contributed by atoms with Gasteiger partial charge in [-0.15, -0.1) is 0 Å². The summed E-state index contributed by atoms with van der Waals surface area (Å²) in [7, 11) is 0. The van der Waals surface area contributed by atoms with Crippen molar-refractivity contribution in [3.8, 4) is 0 Å². The van der Waals surface area contributed by atoms with Crippen LogP contribution in [0.1, 0.15) is 30.6 Å². The molecule has 1 atom stereocenters. The summed E-state index contributed by atoms with van der Waals surface area (Å²) in [6.45, 7) is 4.63. The van der Waals surface area contributed by atoms with Gasteiger partial charge in [0.1, 0.15) is 0 Å². The van der Waals surface area contributed by atoms with Gasteiger partial charge in [0.15, 0.2) is 0 Å². The third-order valence-electron chi connectivity index (χ3n) is 2.78. The van der Waals surface area contributed by atoms with Gasteiger partial charge in [0.25, 0.3) is 5.91 Å². The fourth-order valence-electron chi connectivity index (χ4n) is 1.77. The number of benzene rings is 1. The first-order valence-electron chi connectivity index (χ1n) is 6.51. The van der Waals surface area contributed by atoms with Crippen molar-refractivity contribution in [2.45, 2.75) is 26.3 Å². The molecular formula is C14H23N3OS. The Morgan fingerprint density at radius 3 is 2.84 bits per heavy atom. The molecular weight excluding hydrogens is 258 g/mol. The lowest BCUT2D eigenvalue weighted by atomic mass is 10.1. The number of carbonyl (C=O) groups excluding carboxylic acids is 1. The van der Waals surface area contributed by atoms with E-state index in [1.165, 1.54) is 0 Å². The van der Waals surface area contributed by atoms with E-state index in [0.717, 1.165) is 17.9 Å². The first-order chi connectivity index (χ1) is 9.08. The first-order valence-corrected chi connectivity index (χ1v) is 7.91. The number of carbonyl (C=O) groups is 1. The van der Waals surface area contributed by atoms with Crippen LogP contribution < -0.4 is 16.4 Å². The molecule has 0 fully saturated rings. The maximum atomic E-state index is 12.0. The number of nitrogens with one attached hydrogen (secondary N) is 2. The molecule has 0 heterocycles. The zero-order chi connectivity index (χ0) is 14.3. The molecule has 1 rings (SSSR count). The van der Waals surface area contributed by atoms with Crippen LogP contribution in [0.25, 0.3) is 0 Å². The van der Waals surface area contributed by atoms with Crippen molar-refractivity contribution in [1.29, 1.82) is 0 Å². The van der Waals surface area contributed by atoms with Gasteiger partial charge >= 0.3 is 0 Å². The topological polar surface area (TPSA) is 67.2 Å². The van der Waals surface area contributed by atoms with Crippen LogP contribution in [0.4, 0.5) is 11.4 Å². The van der Waals surface area contributed by atoms with Crippen molar-refractivity contribution in [3.63, 3.8) is 0 Å². The highest BCUT2D eigenvalue weighted by molar-refractivity contribution is 7.98. The molecule has 0 radical (unpaired) electrons. The Hall–Kier alpha value is -1.36. The number of hydrogen-bond acceptors (Lipinski definition) is 4. The number of thioether (sulfide) groups is 1. The second-order valence-corrected chi connectivity index (χ2v) is 5.48. The largest absolute Gasteiger partial charge is 0.399 e. The molecule has 0 aliphatic carbocycles. The molecule has 0 saturated carbocycles. The highest BCUT2D eigenvalue weighted by Gasteiger charge is 2.12. The lowest BCUT2D eigenvalue weighted by Gasteiger charge is -2.18. The van der Waals surface area contributed by atoms with Crippen LogP contribution in [0.3, 0.4) is 0 Å². The van der Waals surface area contributed by atoms with Gasteiger partial charge < -0.3 is 16.4 Å². The van der Waals surface area contributed by atoms with Gasteiger partial charge in [-0.1, -0.05) is 0 Å². The molecule has 19 heavy (non-hydrogen) atoms. The number of hydrogen-bond donors (Lipinski definition) is 3. The van der Waals surface area contributed by atoms with E-state index in [9.17, 15) is 4.79 Å². The quantitative estimate of drug-likeness (QED) is 0.672. The Bertz CT molecular complexity index is 423. The van der Waals surface area contributed by atoms with E-state index < -0.39 is 0 Å². The fourth-order valence-corrected chi connectivity index (χ4v) is 2.36. The Kier molecular flexibility index (Phi) is 6.56. The molecule has 4 nitrogen and oxygen atoms in total. The molecule has 1 amide bonds. The van der Waals surface area contributed by atoms with Gasteiger partial charge in [-0.05, 0) is 50.5 Å². The van der Waals surface area contributed by atoms with E-state index in [1.54, 1.807) is 12.1 Å². The Morgan fingerprint density at radius 1 is 1.47 bits per heavy atom.